The smallest absolute Gasteiger partial charge is 0.410 e. The number of hydrogen-bond donors (Lipinski definition) is 3. The van der Waals surface area contributed by atoms with Gasteiger partial charge in [-0.25, -0.2) is 9.59 Å². The Morgan fingerprint density at radius 1 is 1.25 bits per heavy atom. The summed E-state index contributed by atoms with van der Waals surface area (Å²) in [7, 11) is 0. The summed E-state index contributed by atoms with van der Waals surface area (Å²) < 4.78 is 11.1. The summed E-state index contributed by atoms with van der Waals surface area (Å²) in [6, 6.07) is 6.50. The van der Waals surface area contributed by atoms with Gasteiger partial charge < -0.3 is 29.6 Å². The van der Waals surface area contributed by atoms with Crippen LogP contribution in [0.2, 0.25) is 0 Å². The fourth-order valence-corrected chi connectivity index (χ4v) is 2.65. The van der Waals surface area contributed by atoms with Gasteiger partial charge in [-0.3, -0.25) is 0 Å². The third-order valence-corrected chi connectivity index (χ3v) is 3.94. The van der Waals surface area contributed by atoms with E-state index in [2.05, 4.69) is 4.98 Å². The van der Waals surface area contributed by atoms with Crippen molar-refractivity contribution < 1.29 is 29.3 Å². The van der Waals surface area contributed by atoms with Gasteiger partial charge in [-0.1, -0.05) is 6.07 Å². The fourth-order valence-electron chi connectivity index (χ4n) is 2.65. The minimum atomic E-state index is -1.06. The Morgan fingerprint density at radius 2 is 1.93 bits per heavy atom. The maximum atomic E-state index is 12.3. The van der Waals surface area contributed by atoms with E-state index in [1.54, 1.807) is 39.0 Å². The van der Waals surface area contributed by atoms with Crippen LogP contribution in [0.15, 0.2) is 24.3 Å². The molecule has 28 heavy (non-hydrogen) atoms. The number of nitrogens with zero attached hydrogens (tertiary/aromatic N) is 1. The lowest BCUT2D eigenvalue weighted by atomic mass is 10.2. The number of aromatic nitrogens is 1. The number of aromatic amines is 1. The van der Waals surface area contributed by atoms with Crippen LogP contribution < -0.4 is 4.74 Å². The molecule has 1 aromatic carbocycles. The Balaban J connectivity index is 2.04. The number of amides is 1. The van der Waals surface area contributed by atoms with Gasteiger partial charge in [0.15, 0.2) is 0 Å². The zero-order chi connectivity index (χ0) is 21.1. The third-order valence-electron chi connectivity index (χ3n) is 3.94. The van der Waals surface area contributed by atoms with Gasteiger partial charge in [0.1, 0.15) is 29.8 Å². The molecule has 0 aliphatic carbocycles. The van der Waals surface area contributed by atoms with Crippen LogP contribution in [0, 0.1) is 0 Å². The molecule has 154 valence electrons. The second-order valence-electron chi connectivity index (χ2n) is 7.90. The predicted octanol–water partition coefficient (Wildman–Crippen LogP) is 3.25. The molecule has 0 radical (unpaired) electrons. The number of aliphatic hydroxyl groups is 1. The highest BCUT2D eigenvalue weighted by Crippen LogP contribution is 2.26. The van der Waals surface area contributed by atoms with Gasteiger partial charge in [0.2, 0.25) is 0 Å². The summed E-state index contributed by atoms with van der Waals surface area (Å²) >= 11 is 0. The predicted molar refractivity (Wildman–Crippen MR) is 105 cm³/mol. The number of aliphatic hydroxyl groups excluding tert-OH is 1. The molecule has 3 N–H and O–H groups in total. The molecule has 0 saturated carbocycles. The van der Waals surface area contributed by atoms with E-state index < -0.39 is 23.8 Å². The van der Waals surface area contributed by atoms with Crippen LogP contribution in [0.5, 0.6) is 5.75 Å². The van der Waals surface area contributed by atoms with Crippen LogP contribution in [-0.4, -0.2) is 63.1 Å². The largest absolute Gasteiger partial charge is 0.490 e. The van der Waals surface area contributed by atoms with Gasteiger partial charge in [0.25, 0.3) is 0 Å². The molecular formula is C20H28N2O6. The summed E-state index contributed by atoms with van der Waals surface area (Å²) in [6.45, 7) is 9.02. The first-order chi connectivity index (χ1) is 13.0. The highest BCUT2D eigenvalue weighted by atomic mass is 16.6. The molecule has 0 aliphatic rings. The van der Waals surface area contributed by atoms with Crippen molar-refractivity contribution in [3.63, 3.8) is 0 Å². The van der Waals surface area contributed by atoms with Crippen molar-refractivity contribution in [3.05, 3.63) is 30.0 Å². The summed E-state index contributed by atoms with van der Waals surface area (Å²) in [4.78, 5) is 27.7. The summed E-state index contributed by atoms with van der Waals surface area (Å²) in [5.41, 5.74) is 0.0572. The topological polar surface area (TPSA) is 112 Å². The van der Waals surface area contributed by atoms with Crippen LogP contribution in [0.4, 0.5) is 4.79 Å². The first kappa shape index (κ1) is 21.6. The standard InChI is InChI=1S/C20H28N2O6/c1-12(2)22(19(26)28-20(3,4)5)10-13(23)11-27-17-8-6-7-15-14(17)9-16(21-15)18(24)25/h6-9,12-13,21,23H,10-11H2,1-5H3,(H,24,25)/t13-/m0/s1. The van der Waals surface area contributed by atoms with Gasteiger partial charge in [-0.15, -0.1) is 0 Å². The van der Waals surface area contributed by atoms with Crippen molar-refractivity contribution in [1.82, 2.24) is 9.88 Å². The third kappa shape index (κ3) is 5.63. The minimum absolute atomic E-state index is 0.0517. The number of H-pyrrole nitrogens is 1. The molecule has 2 aromatic rings. The van der Waals surface area contributed by atoms with E-state index in [0.717, 1.165) is 0 Å². The zero-order valence-corrected chi connectivity index (χ0v) is 16.9. The summed E-state index contributed by atoms with van der Waals surface area (Å²) in [6.07, 6.45) is -1.44. The Morgan fingerprint density at radius 3 is 2.50 bits per heavy atom. The van der Waals surface area contributed by atoms with E-state index in [4.69, 9.17) is 14.6 Å². The molecule has 1 atom stereocenters. The van der Waals surface area contributed by atoms with E-state index >= 15 is 0 Å². The molecule has 8 heteroatoms. The summed E-state index contributed by atoms with van der Waals surface area (Å²) in [5.74, 6) is -0.610. The van der Waals surface area contributed by atoms with E-state index in [-0.39, 0.29) is 24.9 Å². The van der Waals surface area contributed by atoms with Gasteiger partial charge in [0.05, 0.1) is 6.54 Å². The maximum absolute atomic E-state index is 12.3. The highest BCUT2D eigenvalue weighted by molar-refractivity contribution is 5.96. The first-order valence-electron chi connectivity index (χ1n) is 9.13. The van der Waals surface area contributed by atoms with E-state index in [0.29, 0.717) is 16.7 Å². The number of benzene rings is 1. The molecule has 0 fully saturated rings. The number of carbonyl (C=O) groups is 2. The average Bonchev–Trinajstić information content (AvgIpc) is 3.01. The van der Waals surface area contributed by atoms with Crippen LogP contribution in [-0.2, 0) is 4.74 Å². The van der Waals surface area contributed by atoms with Gasteiger partial charge >= 0.3 is 12.1 Å². The number of hydrogen-bond acceptors (Lipinski definition) is 5. The molecule has 1 amide bonds. The lowest BCUT2D eigenvalue weighted by Gasteiger charge is -2.31. The number of carboxylic acids is 1. The SMILES string of the molecule is CC(C)N(C[C@H](O)COc1cccc2[nH]c(C(=O)O)cc12)C(=O)OC(C)(C)C. The van der Waals surface area contributed by atoms with Gasteiger partial charge in [-0.05, 0) is 52.8 Å². The van der Waals surface area contributed by atoms with Gasteiger partial charge in [-0.2, -0.15) is 0 Å². The summed E-state index contributed by atoms with van der Waals surface area (Å²) in [5, 5.41) is 20.1. The van der Waals surface area contributed by atoms with Crippen molar-refractivity contribution in [2.24, 2.45) is 0 Å². The van der Waals surface area contributed by atoms with Crippen molar-refractivity contribution in [3.8, 4) is 5.75 Å². The Hall–Kier alpha value is -2.74. The molecule has 1 heterocycles. The van der Waals surface area contributed by atoms with Gasteiger partial charge in [0, 0.05) is 16.9 Å². The second kappa shape index (κ2) is 8.52. The molecule has 0 saturated heterocycles. The highest BCUT2D eigenvalue weighted by Gasteiger charge is 2.26. The first-order valence-corrected chi connectivity index (χ1v) is 9.13. The maximum Gasteiger partial charge on any atom is 0.410 e. The number of aromatic carboxylic acids is 1. The van der Waals surface area contributed by atoms with Crippen LogP contribution in [0.1, 0.15) is 45.1 Å². The molecule has 2 rings (SSSR count). The monoisotopic (exact) mass is 392 g/mol. The second-order valence-corrected chi connectivity index (χ2v) is 7.90. The number of carbonyl (C=O) groups excluding carboxylic acids is 1. The molecule has 0 aliphatic heterocycles. The van der Waals surface area contributed by atoms with Crippen LogP contribution in [0.3, 0.4) is 0 Å². The average molecular weight is 392 g/mol. The molecule has 8 nitrogen and oxygen atoms in total. The van der Waals surface area contributed by atoms with E-state index in [1.807, 2.05) is 13.8 Å². The Labute approximate surface area is 164 Å². The Bertz CT molecular complexity index is 837. The van der Waals surface area contributed by atoms with Crippen molar-refractivity contribution >= 4 is 23.0 Å². The van der Waals surface area contributed by atoms with Crippen LogP contribution in [0.25, 0.3) is 10.9 Å². The molecule has 1 aromatic heterocycles. The van der Waals surface area contributed by atoms with Crippen molar-refractivity contribution in [1.29, 1.82) is 0 Å². The fraction of sp³-hybridized carbons (Fsp3) is 0.500. The molecular weight excluding hydrogens is 364 g/mol. The van der Waals surface area contributed by atoms with E-state index in [9.17, 15) is 14.7 Å². The normalized spacial score (nSPS) is 12.8. The number of carboxylic acid groups (broad SMARTS) is 1. The quantitative estimate of drug-likeness (QED) is 0.667. The van der Waals surface area contributed by atoms with E-state index in [1.165, 1.54) is 11.0 Å². The van der Waals surface area contributed by atoms with Crippen molar-refractivity contribution in [2.45, 2.75) is 52.4 Å². The minimum Gasteiger partial charge on any atom is -0.490 e. The lowest BCUT2D eigenvalue weighted by Crippen LogP contribution is -2.46. The molecule has 0 unspecified atom stereocenters. The van der Waals surface area contributed by atoms with Crippen LogP contribution >= 0.6 is 0 Å². The van der Waals surface area contributed by atoms with Crippen molar-refractivity contribution in [2.75, 3.05) is 13.2 Å². The number of rotatable bonds is 7. The zero-order valence-electron chi connectivity index (χ0n) is 16.9. The molecule has 0 bridgehead atoms. The number of nitrogens with one attached hydrogen (secondary N) is 1. The number of fused-ring (bicyclic) bond motifs is 1. The lowest BCUT2D eigenvalue weighted by molar-refractivity contribution is 0.00195. The molecule has 0 spiro atoms. The Kier molecular flexibility index (Phi) is 6.56. The number of ether oxygens (including phenoxy) is 2.